The first-order chi connectivity index (χ1) is 16.0. The molecule has 1 aromatic rings. The minimum atomic E-state index is -1.10. The number of rotatable bonds is 11. The van der Waals surface area contributed by atoms with Crippen LogP contribution in [0.4, 0.5) is 0 Å². The number of halogens is 2. The molecule has 1 aliphatic heterocycles. The molecule has 3 N–H and O–H groups in total. The van der Waals surface area contributed by atoms with Gasteiger partial charge in [-0.3, -0.25) is 19.2 Å². The lowest BCUT2D eigenvalue weighted by Crippen LogP contribution is -2.53. The van der Waals surface area contributed by atoms with Crippen molar-refractivity contribution in [2.75, 3.05) is 13.2 Å². The molecule has 9 nitrogen and oxygen atoms in total. The van der Waals surface area contributed by atoms with Crippen molar-refractivity contribution in [2.45, 2.75) is 52.1 Å². The lowest BCUT2D eigenvalue weighted by Gasteiger charge is -2.24. The van der Waals surface area contributed by atoms with Crippen LogP contribution in [-0.4, -0.2) is 54.7 Å². The molecular weight excluding hydrogens is 485 g/mol. The highest BCUT2D eigenvalue weighted by molar-refractivity contribution is 6.39. The summed E-state index contributed by atoms with van der Waals surface area (Å²) in [5.74, 6) is -3.02. The molecule has 1 aromatic carbocycles. The minimum Gasteiger partial charge on any atom is -0.454 e. The fourth-order valence-electron chi connectivity index (χ4n) is 3.65. The second kappa shape index (κ2) is 12.7. The Hall–Kier alpha value is -2.65. The predicted molar refractivity (Wildman–Crippen MR) is 126 cm³/mol. The molecule has 3 atom stereocenters. The van der Waals surface area contributed by atoms with Crippen molar-refractivity contribution >= 4 is 52.7 Å². The largest absolute Gasteiger partial charge is 0.454 e. The first-order valence-corrected chi connectivity index (χ1v) is 11.7. The number of amides is 3. The van der Waals surface area contributed by atoms with Gasteiger partial charge in [-0.1, -0.05) is 43.1 Å². The number of ether oxygens (including phenoxy) is 1. The summed E-state index contributed by atoms with van der Waals surface area (Å²) in [6.07, 6.45) is 0.903. The van der Waals surface area contributed by atoms with E-state index in [1.165, 1.54) is 19.1 Å². The number of hydrogen-bond acceptors (Lipinski definition) is 6. The molecule has 1 aliphatic rings. The van der Waals surface area contributed by atoms with E-state index in [2.05, 4.69) is 16.0 Å². The number of carbonyl (C=O) groups is 5. The third-order valence-electron chi connectivity index (χ3n) is 5.30. The highest BCUT2D eigenvalue weighted by atomic mass is 35.5. The van der Waals surface area contributed by atoms with Crippen molar-refractivity contribution in [1.82, 2.24) is 16.0 Å². The molecule has 1 fully saturated rings. The third kappa shape index (κ3) is 7.99. The Labute approximate surface area is 208 Å². The maximum Gasteiger partial charge on any atom is 0.341 e. The summed E-state index contributed by atoms with van der Waals surface area (Å²) in [7, 11) is 0. The molecule has 0 aromatic heterocycles. The van der Waals surface area contributed by atoms with Crippen molar-refractivity contribution in [3.63, 3.8) is 0 Å². The normalized spacial score (nSPS) is 17.0. The summed E-state index contributed by atoms with van der Waals surface area (Å²) in [5.41, 5.74) is -0.0722. The van der Waals surface area contributed by atoms with E-state index in [0.29, 0.717) is 19.4 Å². The molecule has 0 bridgehead atoms. The van der Waals surface area contributed by atoms with Crippen molar-refractivity contribution < 1.29 is 28.7 Å². The van der Waals surface area contributed by atoms with Gasteiger partial charge < -0.3 is 20.7 Å². The quantitative estimate of drug-likeness (QED) is 0.389. The molecule has 2 rings (SSSR count). The molecular formula is C23H29Cl2N3O6. The van der Waals surface area contributed by atoms with Crippen LogP contribution >= 0.6 is 23.2 Å². The fourth-order valence-corrected chi connectivity index (χ4v) is 4.20. The van der Waals surface area contributed by atoms with E-state index in [9.17, 15) is 24.0 Å². The summed E-state index contributed by atoms with van der Waals surface area (Å²) in [6, 6.07) is 2.54. The molecule has 0 aliphatic carbocycles. The highest BCUT2D eigenvalue weighted by Gasteiger charge is 2.33. The molecule has 1 saturated heterocycles. The van der Waals surface area contributed by atoms with Gasteiger partial charge in [0.15, 0.2) is 12.4 Å². The number of benzene rings is 1. The Morgan fingerprint density at radius 3 is 2.29 bits per heavy atom. The van der Waals surface area contributed by atoms with Gasteiger partial charge in [0.05, 0.1) is 21.7 Å². The molecule has 0 spiro atoms. The lowest BCUT2D eigenvalue weighted by atomic mass is 9.95. The van der Waals surface area contributed by atoms with Crippen molar-refractivity contribution in [3.8, 4) is 0 Å². The maximum absolute atomic E-state index is 13.0. The number of ketones is 1. The Morgan fingerprint density at radius 1 is 1.12 bits per heavy atom. The van der Waals surface area contributed by atoms with E-state index >= 15 is 0 Å². The van der Waals surface area contributed by atoms with Gasteiger partial charge in [0.1, 0.15) is 6.04 Å². The van der Waals surface area contributed by atoms with Crippen LogP contribution in [0.15, 0.2) is 18.2 Å². The zero-order valence-electron chi connectivity index (χ0n) is 19.3. The van der Waals surface area contributed by atoms with Gasteiger partial charge >= 0.3 is 5.97 Å². The number of Topliss-reactive ketones (excluding diaryl/α,β-unsaturated/α-hetero) is 1. The van der Waals surface area contributed by atoms with Gasteiger partial charge in [0.25, 0.3) is 0 Å². The summed E-state index contributed by atoms with van der Waals surface area (Å²) in [6.45, 7) is 4.90. The lowest BCUT2D eigenvalue weighted by molar-refractivity contribution is -0.133. The molecule has 3 amide bonds. The zero-order valence-corrected chi connectivity index (χ0v) is 20.8. The van der Waals surface area contributed by atoms with E-state index in [1.807, 2.05) is 13.8 Å². The smallest absolute Gasteiger partial charge is 0.341 e. The number of hydrogen-bond donors (Lipinski definition) is 3. The molecule has 0 saturated carbocycles. The summed E-state index contributed by atoms with van der Waals surface area (Å²) < 4.78 is 5.12. The topological polar surface area (TPSA) is 131 Å². The van der Waals surface area contributed by atoms with Gasteiger partial charge in [-0.2, -0.15) is 0 Å². The second-order valence-electron chi connectivity index (χ2n) is 8.60. The van der Waals surface area contributed by atoms with E-state index < -0.39 is 42.3 Å². The van der Waals surface area contributed by atoms with Gasteiger partial charge in [0.2, 0.25) is 17.7 Å². The van der Waals surface area contributed by atoms with Crippen molar-refractivity contribution in [1.29, 1.82) is 0 Å². The van der Waals surface area contributed by atoms with Gasteiger partial charge in [-0.15, -0.1) is 0 Å². The monoisotopic (exact) mass is 513 g/mol. The third-order valence-corrected chi connectivity index (χ3v) is 5.93. The maximum atomic E-state index is 13.0. The molecule has 0 radical (unpaired) electrons. The van der Waals surface area contributed by atoms with Gasteiger partial charge in [-0.05, 0) is 37.3 Å². The van der Waals surface area contributed by atoms with Crippen molar-refractivity contribution in [3.05, 3.63) is 33.8 Å². The minimum absolute atomic E-state index is 0.0370. The van der Waals surface area contributed by atoms with Crippen LogP contribution in [0.3, 0.4) is 0 Å². The number of esters is 1. The Bertz CT molecular complexity index is 932. The Balaban J connectivity index is 2.14. The van der Waals surface area contributed by atoms with Crippen LogP contribution in [0.25, 0.3) is 0 Å². The molecule has 1 heterocycles. The number of carbonyl (C=O) groups excluding carboxylic acids is 5. The fraction of sp³-hybridized carbons (Fsp3) is 0.522. The summed E-state index contributed by atoms with van der Waals surface area (Å²) >= 11 is 12.0. The van der Waals surface area contributed by atoms with E-state index in [0.717, 1.165) is 0 Å². The van der Waals surface area contributed by atoms with Crippen LogP contribution in [0.5, 0.6) is 0 Å². The Kier molecular flexibility index (Phi) is 10.3. The van der Waals surface area contributed by atoms with E-state index in [-0.39, 0.29) is 39.8 Å². The predicted octanol–water partition coefficient (Wildman–Crippen LogP) is 2.28. The van der Waals surface area contributed by atoms with Gasteiger partial charge in [-0.25, -0.2) is 4.79 Å². The van der Waals surface area contributed by atoms with Gasteiger partial charge in [0, 0.05) is 19.4 Å². The standard InChI is InChI=1S/C23H29Cl2N3O6/c1-12(2)9-18(27-13(3)29)22(32)28-17(10-14-7-8-26-21(14)31)19(30)11-34-23(33)20-15(24)5-4-6-16(20)25/h4-6,12,14,17-18H,7-11H2,1-3H3,(H,26,31)(H,27,29)(H,28,32)/t14-,17-,18-/m0/s1. The second-order valence-corrected chi connectivity index (χ2v) is 9.41. The first kappa shape index (κ1) is 27.6. The zero-order chi connectivity index (χ0) is 25.4. The molecule has 0 unspecified atom stereocenters. The van der Waals surface area contributed by atoms with Crippen LogP contribution in [-0.2, 0) is 23.9 Å². The van der Waals surface area contributed by atoms with Crippen molar-refractivity contribution in [2.24, 2.45) is 11.8 Å². The first-order valence-electron chi connectivity index (χ1n) is 11.0. The molecule has 34 heavy (non-hydrogen) atoms. The highest BCUT2D eigenvalue weighted by Crippen LogP contribution is 2.25. The molecule has 11 heteroatoms. The molecule has 186 valence electrons. The van der Waals surface area contributed by atoms with Crippen LogP contribution in [0.1, 0.15) is 50.4 Å². The van der Waals surface area contributed by atoms with Crippen LogP contribution < -0.4 is 16.0 Å². The number of nitrogens with one attached hydrogen (secondary N) is 3. The Morgan fingerprint density at radius 2 is 1.76 bits per heavy atom. The summed E-state index contributed by atoms with van der Waals surface area (Å²) in [5, 5.41) is 8.06. The van der Waals surface area contributed by atoms with E-state index in [4.69, 9.17) is 27.9 Å². The average molecular weight is 514 g/mol. The van der Waals surface area contributed by atoms with E-state index in [1.54, 1.807) is 6.07 Å². The summed E-state index contributed by atoms with van der Waals surface area (Å²) in [4.78, 5) is 61.9. The SMILES string of the molecule is CC(=O)N[C@@H](CC(C)C)C(=O)N[C@@H](C[C@@H]1CCNC1=O)C(=O)COC(=O)c1c(Cl)cccc1Cl. The van der Waals surface area contributed by atoms with Crippen LogP contribution in [0, 0.1) is 11.8 Å². The average Bonchev–Trinajstić information content (AvgIpc) is 3.14. The van der Waals surface area contributed by atoms with Crippen LogP contribution in [0.2, 0.25) is 10.0 Å².